The standard InChI is InChI=1S/C22H28N4O7/c1-13-9-26(21(31)24-19(13)29)11-16(27)25(12-17(28)33-22(2,3)4)10-14-7-6-8-15(18(14)23)20(30)32-5/h6-9H,10-12,23H2,1-5H3,(H,24,29,31). The normalized spacial score (nSPS) is 11.1. The fraction of sp³-hybridized carbons (Fsp3) is 0.409. The minimum Gasteiger partial charge on any atom is -0.465 e. The predicted octanol–water partition coefficient (Wildman–Crippen LogP) is 0.584. The summed E-state index contributed by atoms with van der Waals surface area (Å²) in [5.41, 5.74) is 4.88. The van der Waals surface area contributed by atoms with Gasteiger partial charge < -0.3 is 20.1 Å². The molecule has 0 aliphatic carbocycles. The summed E-state index contributed by atoms with van der Waals surface area (Å²) < 4.78 is 11.1. The lowest BCUT2D eigenvalue weighted by molar-refractivity contribution is -0.159. The van der Waals surface area contributed by atoms with Crippen molar-refractivity contribution in [2.75, 3.05) is 19.4 Å². The van der Waals surface area contributed by atoms with Crippen LogP contribution >= 0.6 is 0 Å². The van der Waals surface area contributed by atoms with E-state index in [4.69, 9.17) is 15.2 Å². The van der Waals surface area contributed by atoms with Crippen LogP contribution in [0.1, 0.15) is 42.3 Å². The summed E-state index contributed by atoms with van der Waals surface area (Å²) in [6.07, 6.45) is 1.26. The summed E-state index contributed by atoms with van der Waals surface area (Å²) in [6.45, 7) is 5.58. The first-order valence-corrected chi connectivity index (χ1v) is 10.1. The van der Waals surface area contributed by atoms with Crippen LogP contribution in [0.5, 0.6) is 0 Å². The zero-order chi connectivity index (χ0) is 24.9. The molecule has 0 atom stereocenters. The molecular weight excluding hydrogens is 432 g/mol. The van der Waals surface area contributed by atoms with Crippen molar-refractivity contribution in [3.05, 3.63) is 61.9 Å². The summed E-state index contributed by atoms with van der Waals surface area (Å²) >= 11 is 0. The summed E-state index contributed by atoms with van der Waals surface area (Å²) in [4.78, 5) is 64.5. The van der Waals surface area contributed by atoms with Crippen LogP contribution in [-0.2, 0) is 32.2 Å². The number of carbonyl (C=O) groups excluding carboxylic acids is 3. The third-order valence-electron chi connectivity index (χ3n) is 4.55. The number of aromatic nitrogens is 2. The number of nitrogens with two attached hydrogens (primary N) is 1. The maximum Gasteiger partial charge on any atom is 0.339 e. The van der Waals surface area contributed by atoms with E-state index < -0.39 is 47.8 Å². The van der Waals surface area contributed by atoms with Gasteiger partial charge in [0.25, 0.3) is 5.56 Å². The van der Waals surface area contributed by atoms with E-state index in [0.717, 1.165) is 9.47 Å². The number of hydrogen-bond donors (Lipinski definition) is 2. The Bertz CT molecular complexity index is 1170. The summed E-state index contributed by atoms with van der Waals surface area (Å²) in [7, 11) is 1.22. The minimum absolute atomic E-state index is 0.100. The third kappa shape index (κ3) is 6.79. The zero-order valence-electron chi connectivity index (χ0n) is 19.3. The molecule has 0 fully saturated rings. The number of para-hydroxylation sites is 1. The largest absolute Gasteiger partial charge is 0.465 e. The molecule has 0 unspecified atom stereocenters. The second-order valence-electron chi connectivity index (χ2n) is 8.41. The number of rotatable bonds is 7. The van der Waals surface area contributed by atoms with Crippen molar-refractivity contribution < 1.29 is 23.9 Å². The zero-order valence-corrected chi connectivity index (χ0v) is 19.3. The second kappa shape index (κ2) is 10.2. The van der Waals surface area contributed by atoms with Gasteiger partial charge in [0.2, 0.25) is 5.91 Å². The Morgan fingerprint density at radius 1 is 1.18 bits per heavy atom. The van der Waals surface area contributed by atoms with Gasteiger partial charge in [0.15, 0.2) is 0 Å². The van der Waals surface area contributed by atoms with Crippen molar-refractivity contribution in [1.29, 1.82) is 0 Å². The molecule has 33 heavy (non-hydrogen) atoms. The topological polar surface area (TPSA) is 154 Å². The number of hydrogen-bond acceptors (Lipinski definition) is 8. The molecule has 0 aliphatic rings. The molecule has 0 spiro atoms. The van der Waals surface area contributed by atoms with Gasteiger partial charge in [-0.15, -0.1) is 0 Å². The molecule has 0 saturated heterocycles. The van der Waals surface area contributed by atoms with E-state index in [1.165, 1.54) is 26.3 Å². The number of nitrogens with one attached hydrogen (secondary N) is 1. The highest BCUT2D eigenvalue weighted by atomic mass is 16.6. The molecule has 11 nitrogen and oxygen atoms in total. The van der Waals surface area contributed by atoms with Crippen molar-refractivity contribution >= 4 is 23.5 Å². The Hall–Kier alpha value is -3.89. The Morgan fingerprint density at radius 2 is 1.85 bits per heavy atom. The van der Waals surface area contributed by atoms with Crippen molar-refractivity contribution in [2.24, 2.45) is 0 Å². The van der Waals surface area contributed by atoms with E-state index >= 15 is 0 Å². The minimum atomic E-state index is -0.775. The van der Waals surface area contributed by atoms with Crippen LogP contribution in [0.2, 0.25) is 0 Å². The number of carbonyl (C=O) groups is 3. The van der Waals surface area contributed by atoms with Crippen molar-refractivity contribution in [3.8, 4) is 0 Å². The van der Waals surface area contributed by atoms with Gasteiger partial charge in [0.05, 0.1) is 18.4 Å². The highest BCUT2D eigenvalue weighted by Crippen LogP contribution is 2.21. The molecule has 0 aliphatic heterocycles. The maximum atomic E-state index is 13.1. The van der Waals surface area contributed by atoms with Crippen LogP contribution in [0.4, 0.5) is 5.69 Å². The lowest BCUT2D eigenvalue weighted by Gasteiger charge is -2.26. The number of nitrogens with zero attached hydrogens (tertiary/aromatic N) is 2. The number of nitrogen functional groups attached to an aromatic ring is 1. The summed E-state index contributed by atoms with van der Waals surface area (Å²) in [5, 5.41) is 0. The average Bonchev–Trinajstić information content (AvgIpc) is 2.70. The van der Waals surface area contributed by atoms with Crippen molar-refractivity contribution in [2.45, 2.75) is 46.4 Å². The first-order chi connectivity index (χ1) is 15.3. The molecule has 1 amide bonds. The highest BCUT2D eigenvalue weighted by Gasteiger charge is 2.24. The highest BCUT2D eigenvalue weighted by molar-refractivity contribution is 5.95. The molecular formula is C22H28N4O7. The molecule has 2 rings (SSSR count). The quantitative estimate of drug-likeness (QED) is 0.449. The Balaban J connectivity index is 2.38. The van der Waals surface area contributed by atoms with Crippen LogP contribution < -0.4 is 17.0 Å². The molecule has 0 radical (unpaired) electrons. The first kappa shape index (κ1) is 25.4. The fourth-order valence-electron chi connectivity index (χ4n) is 2.99. The second-order valence-corrected chi connectivity index (χ2v) is 8.41. The number of esters is 2. The van der Waals surface area contributed by atoms with Gasteiger partial charge in [-0.3, -0.25) is 23.9 Å². The van der Waals surface area contributed by atoms with E-state index in [0.29, 0.717) is 5.56 Å². The molecule has 0 bridgehead atoms. The SMILES string of the molecule is COC(=O)c1cccc(CN(CC(=O)OC(C)(C)C)C(=O)Cn2cc(C)c(=O)[nH]c2=O)c1N. The Kier molecular flexibility index (Phi) is 7.81. The molecule has 3 N–H and O–H groups in total. The number of ether oxygens (including phenoxy) is 2. The van der Waals surface area contributed by atoms with Crippen molar-refractivity contribution in [1.82, 2.24) is 14.5 Å². The van der Waals surface area contributed by atoms with E-state index in [9.17, 15) is 24.0 Å². The van der Waals surface area contributed by atoms with Crippen LogP contribution in [0.25, 0.3) is 0 Å². The molecule has 178 valence electrons. The lowest BCUT2D eigenvalue weighted by Crippen LogP contribution is -2.42. The van der Waals surface area contributed by atoms with Gasteiger partial charge in [-0.1, -0.05) is 12.1 Å². The molecule has 2 aromatic rings. The molecule has 1 aromatic carbocycles. The van der Waals surface area contributed by atoms with E-state index in [1.54, 1.807) is 32.9 Å². The summed E-state index contributed by atoms with van der Waals surface area (Å²) in [5.74, 6) is -1.91. The summed E-state index contributed by atoms with van der Waals surface area (Å²) in [6, 6.07) is 4.66. The van der Waals surface area contributed by atoms with Crippen molar-refractivity contribution in [3.63, 3.8) is 0 Å². The third-order valence-corrected chi connectivity index (χ3v) is 4.55. The number of H-pyrrole nitrogens is 1. The van der Waals surface area contributed by atoms with Gasteiger partial charge in [0.1, 0.15) is 18.7 Å². The molecule has 0 saturated carbocycles. The monoisotopic (exact) mass is 460 g/mol. The number of anilines is 1. The number of aryl methyl sites for hydroxylation is 1. The van der Waals surface area contributed by atoms with Gasteiger partial charge in [0, 0.05) is 18.3 Å². The smallest absolute Gasteiger partial charge is 0.339 e. The fourth-order valence-corrected chi connectivity index (χ4v) is 2.99. The van der Waals surface area contributed by atoms with Crippen LogP contribution in [0, 0.1) is 6.92 Å². The van der Waals surface area contributed by atoms with Crippen LogP contribution in [0.3, 0.4) is 0 Å². The maximum absolute atomic E-state index is 13.1. The number of amides is 1. The van der Waals surface area contributed by atoms with E-state index in [-0.39, 0.29) is 23.4 Å². The molecule has 1 heterocycles. The van der Waals surface area contributed by atoms with Crippen LogP contribution in [-0.4, -0.2) is 51.6 Å². The van der Waals surface area contributed by atoms with Gasteiger partial charge in [-0.05, 0) is 39.3 Å². The predicted molar refractivity (Wildman–Crippen MR) is 120 cm³/mol. The molecule has 11 heteroatoms. The lowest BCUT2D eigenvalue weighted by atomic mass is 10.1. The van der Waals surface area contributed by atoms with Crippen LogP contribution in [0.15, 0.2) is 34.0 Å². The Labute approximate surface area is 190 Å². The van der Waals surface area contributed by atoms with Gasteiger partial charge in [-0.2, -0.15) is 0 Å². The number of methoxy groups -OCH3 is 1. The van der Waals surface area contributed by atoms with E-state index in [1.807, 2.05) is 0 Å². The molecule has 1 aromatic heterocycles. The Morgan fingerprint density at radius 3 is 2.45 bits per heavy atom. The number of aromatic amines is 1. The first-order valence-electron chi connectivity index (χ1n) is 10.1. The average molecular weight is 460 g/mol. The number of benzene rings is 1. The van der Waals surface area contributed by atoms with E-state index in [2.05, 4.69) is 4.98 Å². The van der Waals surface area contributed by atoms with Gasteiger partial charge >= 0.3 is 17.6 Å². The van der Waals surface area contributed by atoms with Gasteiger partial charge in [-0.25, -0.2) is 9.59 Å².